The molecule has 1 aromatic rings. The Morgan fingerprint density at radius 1 is 1.17 bits per heavy atom. The van der Waals surface area contributed by atoms with Crippen molar-refractivity contribution < 1.29 is 29.3 Å². The van der Waals surface area contributed by atoms with E-state index in [2.05, 4.69) is 0 Å². The number of aldehydes is 1. The molecule has 150 valence electrons. The first-order chi connectivity index (χ1) is 13.6. The minimum absolute atomic E-state index is 0.0931. The van der Waals surface area contributed by atoms with E-state index < -0.39 is 22.8 Å². The molecule has 6 heteroatoms. The summed E-state index contributed by atoms with van der Waals surface area (Å²) in [6.45, 7) is 4.92. The van der Waals surface area contributed by atoms with Gasteiger partial charge >= 0.3 is 0 Å². The summed E-state index contributed by atoms with van der Waals surface area (Å²) in [6, 6.07) is 8.36. The number of hydrogen-bond acceptors (Lipinski definition) is 6. The Labute approximate surface area is 168 Å². The number of rotatable bonds is 4. The summed E-state index contributed by atoms with van der Waals surface area (Å²) in [5.74, 6) is -1.78. The van der Waals surface area contributed by atoms with Crippen LogP contribution in [0, 0.1) is 0 Å². The fraction of sp³-hybridized carbons (Fsp3) is 0.261. The molecule has 0 bridgehead atoms. The maximum atomic E-state index is 12.8. The number of allylic oxidation sites excluding steroid dienone is 2. The van der Waals surface area contributed by atoms with Crippen molar-refractivity contribution in [2.45, 2.75) is 38.4 Å². The second-order valence-electron chi connectivity index (χ2n) is 7.86. The van der Waals surface area contributed by atoms with Gasteiger partial charge in [-0.3, -0.25) is 14.4 Å². The Bertz CT molecular complexity index is 1000. The van der Waals surface area contributed by atoms with Crippen molar-refractivity contribution >= 4 is 23.6 Å². The Morgan fingerprint density at radius 3 is 2.45 bits per heavy atom. The van der Waals surface area contributed by atoms with Gasteiger partial charge in [0.15, 0.2) is 17.7 Å². The van der Waals surface area contributed by atoms with Crippen molar-refractivity contribution in [3.05, 3.63) is 76.6 Å². The summed E-state index contributed by atoms with van der Waals surface area (Å²) < 4.78 is 5.54. The predicted molar refractivity (Wildman–Crippen MR) is 107 cm³/mol. The highest BCUT2D eigenvalue weighted by atomic mass is 16.5. The third-order valence-corrected chi connectivity index (χ3v) is 5.00. The molecule has 3 rings (SSSR count). The highest BCUT2D eigenvalue weighted by Crippen LogP contribution is 2.41. The van der Waals surface area contributed by atoms with Gasteiger partial charge in [0, 0.05) is 23.6 Å². The lowest BCUT2D eigenvalue weighted by Crippen LogP contribution is -2.44. The van der Waals surface area contributed by atoms with Crippen LogP contribution in [0.15, 0.2) is 71.0 Å². The van der Waals surface area contributed by atoms with E-state index >= 15 is 0 Å². The van der Waals surface area contributed by atoms with Gasteiger partial charge in [-0.05, 0) is 26.3 Å². The fourth-order valence-corrected chi connectivity index (χ4v) is 3.41. The van der Waals surface area contributed by atoms with Crippen molar-refractivity contribution in [2.24, 2.45) is 0 Å². The van der Waals surface area contributed by atoms with Gasteiger partial charge in [-0.1, -0.05) is 36.4 Å². The zero-order valence-corrected chi connectivity index (χ0v) is 16.4. The molecule has 0 amide bonds. The number of fused-ring (bicyclic) bond motifs is 1. The third kappa shape index (κ3) is 3.84. The van der Waals surface area contributed by atoms with E-state index in [0.717, 1.165) is 6.08 Å². The minimum atomic E-state index is -2.08. The van der Waals surface area contributed by atoms with Crippen LogP contribution >= 0.6 is 0 Å². The second-order valence-corrected chi connectivity index (χ2v) is 7.86. The summed E-state index contributed by atoms with van der Waals surface area (Å²) in [4.78, 5) is 37.3. The van der Waals surface area contributed by atoms with Crippen LogP contribution in [0.5, 0.6) is 0 Å². The van der Waals surface area contributed by atoms with Crippen molar-refractivity contribution in [1.29, 1.82) is 0 Å². The van der Waals surface area contributed by atoms with Gasteiger partial charge in [-0.25, -0.2) is 0 Å². The molecule has 0 spiro atoms. The van der Waals surface area contributed by atoms with E-state index in [9.17, 15) is 24.6 Å². The molecule has 0 saturated carbocycles. The molecule has 0 aromatic heterocycles. The Balaban J connectivity index is 2.11. The molecule has 0 radical (unpaired) electrons. The number of aliphatic hydroxyl groups is 2. The predicted octanol–water partition coefficient (Wildman–Crippen LogP) is 2.99. The molecule has 1 atom stereocenters. The number of aliphatic hydroxyl groups excluding tert-OH is 1. The zero-order valence-electron chi connectivity index (χ0n) is 16.4. The number of ether oxygens (including phenoxy) is 1. The highest BCUT2D eigenvalue weighted by Gasteiger charge is 2.45. The quantitative estimate of drug-likeness (QED) is 0.268. The molecule has 1 heterocycles. The normalized spacial score (nSPS) is 25.2. The molecular weight excluding hydrogens is 372 g/mol. The fourth-order valence-electron chi connectivity index (χ4n) is 3.41. The van der Waals surface area contributed by atoms with Crippen LogP contribution in [0.2, 0.25) is 0 Å². The molecule has 1 aliphatic heterocycles. The van der Waals surface area contributed by atoms with E-state index in [1.807, 2.05) is 13.8 Å². The largest absolute Gasteiger partial charge is 0.507 e. The van der Waals surface area contributed by atoms with Gasteiger partial charge in [-0.15, -0.1) is 0 Å². The molecule has 1 aromatic carbocycles. The van der Waals surface area contributed by atoms with Gasteiger partial charge in [0.25, 0.3) is 0 Å². The second kappa shape index (κ2) is 7.29. The summed E-state index contributed by atoms with van der Waals surface area (Å²) in [5.41, 5.74) is -1.93. The average molecular weight is 394 g/mol. The highest BCUT2D eigenvalue weighted by molar-refractivity contribution is 6.22. The first-order valence-corrected chi connectivity index (χ1v) is 9.13. The lowest BCUT2D eigenvalue weighted by molar-refractivity contribution is -0.129. The van der Waals surface area contributed by atoms with E-state index in [1.54, 1.807) is 30.3 Å². The summed E-state index contributed by atoms with van der Waals surface area (Å²) in [7, 11) is 0. The Morgan fingerprint density at radius 2 is 1.83 bits per heavy atom. The summed E-state index contributed by atoms with van der Waals surface area (Å²) >= 11 is 0. The lowest BCUT2D eigenvalue weighted by atomic mass is 9.73. The standard InChI is InChI=1S/C23H22O6/c1-22(2)11-15-9-18(23(3,28)21(27)17(15)13-29-22)16(12-24)20(26)10-19(25)14-7-5-4-6-8-14/h4-10,12-13,25,28H,11H2,1-3H3/b18-16+,19-10-. The maximum absolute atomic E-state index is 12.8. The van der Waals surface area contributed by atoms with E-state index in [4.69, 9.17) is 4.74 Å². The first-order valence-electron chi connectivity index (χ1n) is 9.13. The molecular formula is C23H22O6. The van der Waals surface area contributed by atoms with Crippen molar-refractivity contribution in [3.63, 3.8) is 0 Å². The Hall–Kier alpha value is -3.25. The van der Waals surface area contributed by atoms with Crippen LogP contribution in [0.4, 0.5) is 0 Å². The molecule has 0 saturated heterocycles. The van der Waals surface area contributed by atoms with Crippen LogP contribution in [-0.2, 0) is 19.1 Å². The number of benzene rings is 1. The van der Waals surface area contributed by atoms with Crippen molar-refractivity contribution in [3.8, 4) is 0 Å². The first kappa shape index (κ1) is 20.5. The molecule has 29 heavy (non-hydrogen) atoms. The molecule has 2 N–H and O–H groups in total. The van der Waals surface area contributed by atoms with Gasteiger partial charge in [0.1, 0.15) is 11.4 Å². The number of ketones is 2. The van der Waals surface area contributed by atoms with Crippen molar-refractivity contribution in [2.75, 3.05) is 0 Å². The molecule has 0 fully saturated rings. The topological polar surface area (TPSA) is 101 Å². The maximum Gasteiger partial charge on any atom is 0.202 e. The van der Waals surface area contributed by atoms with E-state index in [1.165, 1.54) is 19.3 Å². The molecule has 2 aliphatic rings. The van der Waals surface area contributed by atoms with Crippen LogP contribution in [0.1, 0.15) is 32.8 Å². The zero-order chi connectivity index (χ0) is 21.4. The monoisotopic (exact) mass is 394 g/mol. The Kier molecular flexibility index (Phi) is 5.15. The average Bonchev–Trinajstić information content (AvgIpc) is 2.66. The molecule has 1 aliphatic carbocycles. The van der Waals surface area contributed by atoms with Gasteiger partial charge in [-0.2, -0.15) is 0 Å². The van der Waals surface area contributed by atoms with Crippen LogP contribution in [0.3, 0.4) is 0 Å². The van der Waals surface area contributed by atoms with Crippen LogP contribution in [-0.4, -0.2) is 39.3 Å². The van der Waals surface area contributed by atoms with E-state index in [-0.39, 0.29) is 22.5 Å². The smallest absolute Gasteiger partial charge is 0.202 e. The number of carbonyl (C=O) groups excluding carboxylic acids is 3. The van der Waals surface area contributed by atoms with Gasteiger partial charge in [0.05, 0.1) is 17.4 Å². The SMILES string of the molecule is CC1(C)CC2=C/C(=C(/C=O)C(=O)/C=C(\O)c3ccccc3)C(C)(O)C(=O)C2=CO1. The molecule has 1 unspecified atom stereocenters. The van der Waals surface area contributed by atoms with Crippen LogP contribution in [0.25, 0.3) is 5.76 Å². The number of carbonyl (C=O) groups is 3. The van der Waals surface area contributed by atoms with Crippen LogP contribution < -0.4 is 0 Å². The third-order valence-electron chi connectivity index (χ3n) is 5.00. The molecule has 6 nitrogen and oxygen atoms in total. The summed E-state index contributed by atoms with van der Waals surface area (Å²) in [6.07, 6.45) is 4.38. The number of hydrogen-bond donors (Lipinski definition) is 2. The van der Waals surface area contributed by atoms with Crippen molar-refractivity contribution in [1.82, 2.24) is 0 Å². The number of Topliss-reactive ketones (excluding diaryl/α,β-unsaturated/α-hetero) is 1. The minimum Gasteiger partial charge on any atom is -0.507 e. The van der Waals surface area contributed by atoms with Gasteiger partial charge in [0.2, 0.25) is 5.78 Å². The lowest BCUT2D eigenvalue weighted by Gasteiger charge is -2.37. The van der Waals surface area contributed by atoms with E-state index in [0.29, 0.717) is 23.8 Å². The summed E-state index contributed by atoms with van der Waals surface area (Å²) in [5, 5.41) is 21.0. The van der Waals surface area contributed by atoms with Gasteiger partial charge < -0.3 is 14.9 Å².